The minimum atomic E-state index is -0.782. The highest BCUT2D eigenvalue weighted by molar-refractivity contribution is 6.41. The molecule has 4 aromatic carbocycles. The summed E-state index contributed by atoms with van der Waals surface area (Å²) in [5, 5.41) is 24.6. The van der Waals surface area contributed by atoms with Crippen molar-refractivity contribution in [3.63, 3.8) is 0 Å². The van der Waals surface area contributed by atoms with E-state index in [0.29, 0.717) is 9.48 Å². The van der Waals surface area contributed by atoms with Crippen LogP contribution >= 0.6 is 0 Å². The minimum absolute atomic E-state index is 0.196. The van der Waals surface area contributed by atoms with Gasteiger partial charge < -0.3 is 19.9 Å². The van der Waals surface area contributed by atoms with E-state index in [0.717, 1.165) is 0 Å². The SMILES string of the molecule is COC(=O)/C(c1ccc(F)cc1)=[N+](/[O-])c1ccccc1.COC(=O)/C(c1ccc(F)cc1)=[N+](/[O-])c1ccccc1. The average Bonchev–Trinajstić information content (AvgIpc) is 3.00. The summed E-state index contributed by atoms with van der Waals surface area (Å²) in [6.07, 6.45) is 0. The highest BCUT2D eigenvalue weighted by Gasteiger charge is 2.26. The van der Waals surface area contributed by atoms with Gasteiger partial charge in [-0.2, -0.15) is 9.48 Å². The van der Waals surface area contributed by atoms with Gasteiger partial charge in [0.1, 0.15) is 11.6 Å². The van der Waals surface area contributed by atoms with Crippen molar-refractivity contribution in [2.24, 2.45) is 0 Å². The number of rotatable bonds is 6. The fourth-order valence-corrected chi connectivity index (χ4v) is 3.43. The summed E-state index contributed by atoms with van der Waals surface area (Å²) < 4.78 is 36.1. The van der Waals surface area contributed by atoms with Crippen molar-refractivity contribution in [1.29, 1.82) is 0 Å². The Hall–Kier alpha value is -5.38. The number of halogens is 2. The lowest BCUT2D eigenvalue weighted by atomic mass is 10.1. The van der Waals surface area contributed by atoms with Crippen molar-refractivity contribution >= 4 is 34.7 Å². The van der Waals surface area contributed by atoms with E-state index in [-0.39, 0.29) is 33.9 Å². The quantitative estimate of drug-likeness (QED) is 0.107. The van der Waals surface area contributed by atoms with Gasteiger partial charge in [-0.3, -0.25) is 0 Å². The molecule has 0 fully saturated rings. The van der Waals surface area contributed by atoms with E-state index in [9.17, 15) is 28.8 Å². The number of para-hydroxylation sites is 2. The first kappa shape index (κ1) is 29.2. The second-order valence-electron chi connectivity index (χ2n) is 7.95. The molecule has 0 N–H and O–H groups in total. The maximum atomic E-state index is 12.9. The smallest absolute Gasteiger partial charge is 0.405 e. The van der Waals surface area contributed by atoms with Crippen molar-refractivity contribution in [2.45, 2.75) is 0 Å². The summed E-state index contributed by atoms with van der Waals surface area (Å²) in [5.41, 5.74) is 0.765. The Morgan fingerprint density at radius 1 is 0.550 bits per heavy atom. The minimum Gasteiger partial charge on any atom is -0.618 e. The highest BCUT2D eigenvalue weighted by atomic mass is 19.1. The van der Waals surface area contributed by atoms with Crippen LogP contribution in [0.5, 0.6) is 0 Å². The molecule has 0 bridgehead atoms. The van der Waals surface area contributed by atoms with Crippen molar-refractivity contribution < 1.29 is 37.3 Å². The summed E-state index contributed by atoms with van der Waals surface area (Å²) in [6, 6.07) is 26.6. The molecule has 0 aliphatic rings. The van der Waals surface area contributed by atoms with E-state index in [2.05, 4.69) is 9.47 Å². The number of hydrogen-bond donors (Lipinski definition) is 0. The van der Waals surface area contributed by atoms with Gasteiger partial charge >= 0.3 is 23.4 Å². The fourth-order valence-electron chi connectivity index (χ4n) is 3.43. The van der Waals surface area contributed by atoms with Gasteiger partial charge in [0, 0.05) is 24.3 Å². The summed E-state index contributed by atoms with van der Waals surface area (Å²) in [6.45, 7) is 0. The maximum Gasteiger partial charge on any atom is 0.405 e. The molecule has 0 heterocycles. The second kappa shape index (κ2) is 14.0. The van der Waals surface area contributed by atoms with Gasteiger partial charge in [-0.15, -0.1) is 0 Å². The van der Waals surface area contributed by atoms with E-state index in [1.807, 2.05) is 0 Å². The lowest BCUT2D eigenvalue weighted by Crippen LogP contribution is -2.25. The molecule has 0 amide bonds. The molecule has 4 aromatic rings. The van der Waals surface area contributed by atoms with Crippen LogP contribution in [-0.4, -0.2) is 47.1 Å². The molecule has 0 aliphatic carbocycles. The summed E-state index contributed by atoms with van der Waals surface area (Å²) in [5.74, 6) is -2.46. The Morgan fingerprint density at radius 3 is 1.12 bits per heavy atom. The third-order valence-corrected chi connectivity index (χ3v) is 5.38. The van der Waals surface area contributed by atoms with Gasteiger partial charge in [0.05, 0.1) is 25.3 Å². The van der Waals surface area contributed by atoms with Crippen LogP contribution in [0.1, 0.15) is 11.1 Å². The fraction of sp³-hybridized carbons (Fsp3) is 0.0667. The first-order chi connectivity index (χ1) is 19.3. The van der Waals surface area contributed by atoms with Crippen LogP contribution in [-0.2, 0) is 19.1 Å². The van der Waals surface area contributed by atoms with Crippen LogP contribution in [0, 0.1) is 22.0 Å². The molecule has 204 valence electrons. The van der Waals surface area contributed by atoms with E-state index < -0.39 is 23.6 Å². The topological polar surface area (TPSA) is 105 Å². The first-order valence-electron chi connectivity index (χ1n) is 11.7. The molecular weight excluding hydrogens is 522 g/mol. The van der Waals surface area contributed by atoms with Crippen LogP contribution in [0.4, 0.5) is 20.2 Å². The van der Waals surface area contributed by atoms with Crippen molar-refractivity contribution in [2.75, 3.05) is 14.2 Å². The Kier molecular flexibility index (Phi) is 10.2. The summed E-state index contributed by atoms with van der Waals surface area (Å²) >= 11 is 0. The zero-order valence-corrected chi connectivity index (χ0v) is 21.5. The molecule has 0 radical (unpaired) electrons. The third kappa shape index (κ3) is 7.35. The van der Waals surface area contributed by atoms with Gasteiger partial charge in [-0.05, 0) is 48.5 Å². The van der Waals surface area contributed by atoms with Gasteiger partial charge in [0.25, 0.3) is 0 Å². The molecule has 8 nitrogen and oxygen atoms in total. The number of hydrogen-bond acceptors (Lipinski definition) is 6. The van der Waals surface area contributed by atoms with Gasteiger partial charge in [-0.25, -0.2) is 18.4 Å². The Bertz CT molecular complexity index is 1390. The normalized spacial score (nSPS) is 11.7. The zero-order valence-electron chi connectivity index (χ0n) is 21.5. The molecule has 0 atom stereocenters. The number of ether oxygens (including phenoxy) is 2. The third-order valence-electron chi connectivity index (χ3n) is 5.38. The number of carbonyl (C=O) groups is 2. The predicted molar refractivity (Wildman–Crippen MR) is 145 cm³/mol. The standard InChI is InChI=1S/2C15H12FNO3/c2*1-20-15(18)14(11-7-9-12(16)10-8-11)17(19)13-5-3-2-4-6-13/h2*2-10H,1H3/b2*17-14+. The summed E-state index contributed by atoms with van der Waals surface area (Å²) in [7, 11) is 2.37. The van der Waals surface area contributed by atoms with Gasteiger partial charge in [-0.1, -0.05) is 36.4 Å². The Morgan fingerprint density at radius 2 is 0.850 bits per heavy atom. The average molecular weight is 547 g/mol. The van der Waals surface area contributed by atoms with E-state index in [1.54, 1.807) is 60.7 Å². The number of methoxy groups -OCH3 is 2. The first-order valence-corrected chi connectivity index (χ1v) is 11.7. The van der Waals surface area contributed by atoms with Crippen LogP contribution in [0.15, 0.2) is 109 Å². The van der Waals surface area contributed by atoms with Crippen molar-refractivity contribution in [1.82, 2.24) is 0 Å². The van der Waals surface area contributed by atoms with Crippen LogP contribution in [0.3, 0.4) is 0 Å². The molecule has 0 spiro atoms. The second-order valence-corrected chi connectivity index (χ2v) is 7.95. The van der Waals surface area contributed by atoms with Gasteiger partial charge in [0.15, 0.2) is 0 Å². The lowest BCUT2D eigenvalue weighted by Gasteiger charge is -2.09. The molecule has 0 unspecified atom stereocenters. The molecule has 40 heavy (non-hydrogen) atoms. The molecular formula is C30H24F2N2O6. The van der Waals surface area contributed by atoms with Crippen LogP contribution in [0.25, 0.3) is 0 Å². The largest absolute Gasteiger partial charge is 0.618 e. The number of benzene rings is 4. The molecule has 10 heteroatoms. The Balaban J connectivity index is 0.000000220. The molecule has 0 saturated heterocycles. The predicted octanol–water partition coefficient (Wildman–Crippen LogP) is 5.26. The lowest BCUT2D eigenvalue weighted by molar-refractivity contribution is -0.360. The molecule has 0 saturated carbocycles. The van der Waals surface area contributed by atoms with Crippen LogP contribution < -0.4 is 0 Å². The van der Waals surface area contributed by atoms with E-state index >= 15 is 0 Å². The molecule has 4 rings (SSSR count). The van der Waals surface area contributed by atoms with E-state index in [4.69, 9.17) is 0 Å². The monoisotopic (exact) mass is 546 g/mol. The molecule has 0 aliphatic heterocycles. The molecule has 0 aromatic heterocycles. The Labute approximate surface area is 228 Å². The zero-order chi connectivity index (χ0) is 29.1. The van der Waals surface area contributed by atoms with E-state index in [1.165, 1.54) is 62.8 Å². The van der Waals surface area contributed by atoms with Gasteiger partial charge in [0.2, 0.25) is 11.4 Å². The van der Waals surface area contributed by atoms with Crippen molar-refractivity contribution in [3.05, 3.63) is 142 Å². The highest BCUT2D eigenvalue weighted by Crippen LogP contribution is 2.15. The van der Waals surface area contributed by atoms with Crippen LogP contribution in [0.2, 0.25) is 0 Å². The number of nitrogens with zero attached hydrogens (tertiary/aromatic N) is 2. The number of carbonyl (C=O) groups excluding carboxylic acids is 2. The summed E-state index contributed by atoms with van der Waals surface area (Å²) in [4.78, 5) is 23.6. The van der Waals surface area contributed by atoms with Crippen molar-refractivity contribution in [3.8, 4) is 0 Å². The number of esters is 2. The maximum absolute atomic E-state index is 12.9.